The normalized spacial score (nSPS) is 16.0. The van der Waals surface area contributed by atoms with Crippen molar-refractivity contribution in [3.05, 3.63) is 41.7 Å². The van der Waals surface area contributed by atoms with E-state index in [1.165, 1.54) is 16.0 Å². The maximum atomic E-state index is 12.8. The van der Waals surface area contributed by atoms with E-state index in [-0.39, 0.29) is 11.4 Å². The Kier molecular flexibility index (Phi) is 7.14. The first-order valence-corrected chi connectivity index (χ1v) is 11.0. The van der Waals surface area contributed by atoms with Crippen molar-refractivity contribution in [2.45, 2.75) is 43.7 Å². The van der Waals surface area contributed by atoms with Gasteiger partial charge in [-0.25, -0.2) is 8.42 Å². The van der Waals surface area contributed by atoms with E-state index in [2.05, 4.69) is 10.3 Å². The first-order chi connectivity index (χ1) is 13.5. The molecular formula is C19H27FN4O3S. The second-order valence-corrected chi connectivity index (χ2v) is 9.23. The van der Waals surface area contributed by atoms with E-state index in [9.17, 15) is 12.8 Å². The third-order valence-electron chi connectivity index (χ3n) is 4.99. The van der Waals surface area contributed by atoms with Crippen LogP contribution in [0.3, 0.4) is 0 Å². The summed E-state index contributed by atoms with van der Waals surface area (Å²) in [6, 6.07) is 7.12. The summed E-state index contributed by atoms with van der Waals surface area (Å²) in [7, 11) is -2.10. The molecule has 9 heteroatoms. The average Bonchev–Trinajstić information content (AvgIpc) is 3.15. The van der Waals surface area contributed by atoms with E-state index in [4.69, 9.17) is 4.74 Å². The van der Waals surface area contributed by atoms with Gasteiger partial charge in [-0.05, 0) is 49.3 Å². The Morgan fingerprint density at radius 3 is 2.64 bits per heavy atom. The molecule has 1 aromatic carbocycles. The molecule has 28 heavy (non-hydrogen) atoms. The van der Waals surface area contributed by atoms with Crippen LogP contribution in [0.15, 0.2) is 35.4 Å². The first kappa shape index (κ1) is 20.9. The number of halogens is 1. The molecule has 2 aromatic rings. The van der Waals surface area contributed by atoms with E-state index in [0.29, 0.717) is 24.6 Å². The lowest BCUT2D eigenvalue weighted by molar-refractivity contribution is 0.0665. The largest absolute Gasteiger partial charge is 0.381 e. The molecule has 2 heterocycles. The molecule has 0 N–H and O–H groups in total. The van der Waals surface area contributed by atoms with Crippen molar-refractivity contribution in [1.29, 1.82) is 0 Å². The first-order valence-electron chi connectivity index (χ1n) is 9.57. The van der Waals surface area contributed by atoms with Crippen molar-refractivity contribution in [2.24, 2.45) is 5.92 Å². The van der Waals surface area contributed by atoms with Gasteiger partial charge in [0.2, 0.25) is 10.0 Å². The van der Waals surface area contributed by atoms with Gasteiger partial charge < -0.3 is 4.74 Å². The van der Waals surface area contributed by atoms with Crippen LogP contribution < -0.4 is 0 Å². The predicted molar refractivity (Wildman–Crippen MR) is 103 cm³/mol. The van der Waals surface area contributed by atoms with Crippen molar-refractivity contribution in [3.8, 4) is 0 Å². The minimum atomic E-state index is -3.62. The molecule has 0 unspecified atom stereocenters. The second-order valence-electron chi connectivity index (χ2n) is 7.18. The van der Waals surface area contributed by atoms with Gasteiger partial charge in [-0.2, -0.15) is 4.31 Å². The number of benzene rings is 1. The van der Waals surface area contributed by atoms with E-state index in [1.807, 2.05) is 12.1 Å². The fourth-order valence-electron chi connectivity index (χ4n) is 3.32. The number of ether oxygens (including phenoxy) is 1. The molecule has 154 valence electrons. The Balaban J connectivity index is 1.61. The number of nitrogens with zero attached hydrogens (tertiary/aromatic N) is 4. The second kappa shape index (κ2) is 9.58. The summed E-state index contributed by atoms with van der Waals surface area (Å²) in [6.45, 7) is 1.73. The monoisotopic (exact) mass is 410 g/mol. The average molecular weight is 411 g/mol. The molecule has 0 spiro atoms. The van der Waals surface area contributed by atoms with E-state index >= 15 is 0 Å². The van der Waals surface area contributed by atoms with Crippen LogP contribution in [0.25, 0.3) is 0 Å². The zero-order valence-electron chi connectivity index (χ0n) is 16.1. The molecule has 1 aliphatic heterocycles. The van der Waals surface area contributed by atoms with Crippen LogP contribution in [0.5, 0.6) is 0 Å². The molecule has 0 amide bonds. The summed E-state index contributed by atoms with van der Waals surface area (Å²) in [6.07, 6.45) is 5.06. The molecule has 1 saturated heterocycles. The fraction of sp³-hybridized carbons (Fsp3) is 0.579. The minimum Gasteiger partial charge on any atom is -0.381 e. The highest BCUT2D eigenvalue weighted by atomic mass is 32.2. The lowest BCUT2D eigenvalue weighted by Gasteiger charge is -2.22. The number of alkyl halides is 1. The number of hydrogen-bond donors (Lipinski definition) is 0. The smallest absolute Gasteiger partial charge is 0.243 e. The molecule has 7 nitrogen and oxygen atoms in total. The number of hydrogen-bond acceptors (Lipinski definition) is 5. The van der Waals surface area contributed by atoms with Crippen LogP contribution in [-0.2, 0) is 34.3 Å². The summed E-state index contributed by atoms with van der Waals surface area (Å²) in [5.41, 5.74) is 1.67. The Morgan fingerprint density at radius 1 is 1.25 bits per heavy atom. The molecule has 1 aliphatic rings. The Hall–Kier alpha value is -1.84. The van der Waals surface area contributed by atoms with Crippen LogP contribution in [0, 0.1) is 5.92 Å². The van der Waals surface area contributed by atoms with Crippen LogP contribution in [-0.4, -0.2) is 54.7 Å². The van der Waals surface area contributed by atoms with E-state index in [0.717, 1.165) is 38.0 Å². The van der Waals surface area contributed by atoms with Gasteiger partial charge in [0, 0.05) is 33.0 Å². The van der Waals surface area contributed by atoms with Gasteiger partial charge in [0.05, 0.1) is 23.8 Å². The van der Waals surface area contributed by atoms with Gasteiger partial charge in [-0.15, -0.1) is 5.10 Å². The topological polar surface area (TPSA) is 77.3 Å². The van der Waals surface area contributed by atoms with Crippen molar-refractivity contribution < 1.29 is 17.5 Å². The van der Waals surface area contributed by atoms with Crippen molar-refractivity contribution in [2.75, 3.05) is 26.9 Å². The molecule has 0 bridgehead atoms. The number of aromatic nitrogens is 3. The van der Waals surface area contributed by atoms with Gasteiger partial charge >= 0.3 is 0 Å². The third-order valence-corrected chi connectivity index (χ3v) is 6.81. The summed E-state index contributed by atoms with van der Waals surface area (Å²) < 4.78 is 46.1. The molecule has 0 radical (unpaired) electrons. The van der Waals surface area contributed by atoms with Crippen LogP contribution in [0.2, 0.25) is 0 Å². The zero-order chi connectivity index (χ0) is 20.0. The van der Waals surface area contributed by atoms with Gasteiger partial charge in [-0.3, -0.25) is 9.07 Å². The maximum absolute atomic E-state index is 12.8. The fourth-order valence-corrected chi connectivity index (χ4v) is 4.46. The Bertz CT molecular complexity index is 848. The molecule has 3 rings (SSSR count). The van der Waals surface area contributed by atoms with Gasteiger partial charge in [0.15, 0.2) is 0 Å². The minimum absolute atomic E-state index is 0.113. The van der Waals surface area contributed by atoms with Crippen LogP contribution in [0.1, 0.15) is 30.5 Å². The zero-order valence-corrected chi connectivity index (χ0v) is 16.9. The highest BCUT2D eigenvalue weighted by Crippen LogP contribution is 2.22. The van der Waals surface area contributed by atoms with Crippen molar-refractivity contribution in [1.82, 2.24) is 19.3 Å². The van der Waals surface area contributed by atoms with Gasteiger partial charge in [-0.1, -0.05) is 17.3 Å². The van der Waals surface area contributed by atoms with E-state index in [1.54, 1.807) is 18.3 Å². The lowest BCUT2D eigenvalue weighted by Crippen LogP contribution is -2.26. The molecule has 0 aliphatic carbocycles. The summed E-state index contributed by atoms with van der Waals surface area (Å²) in [4.78, 5) is 0.260. The third kappa shape index (κ3) is 5.36. The molecule has 1 fully saturated rings. The van der Waals surface area contributed by atoms with Crippen molar-refractivity contribution >= 4 is 10.0 Å². The highest BCUT2D eigenvalue weighted by Gasteiger charge is 2.22. The predicted octanol–water partition coefficient (Wildman–Crippen LogP) is 2.43. The summed E-state index contributed by atoms with van der Waals surface area (Å²) in [5, 5.41) is 7.87. The standard InChI is InChI=1S/C19H27FN4O3S/c1-23(14-18-15-24(22-21-18)10-2-9-20)28(25,26)19-5-3-16(4-6-19)13-17-7-11-27-12-8-17/h3-6,15,17H,2,7-14H2,1H3. The van der Waals surface area contributed by atoms with Crippen LogP contribution in [0.4, 0.5) is 4.39 Å². The van der Waals surface area contributed by atoms with E-state index < -0.39 is 16.7 Å². The van der Waals surface area contributed by atoms with Crippen LogP contribution >= 0.6 is 0 Å². The summed E-state index contributed by atoms with van der Waals surface area (Å²) >= 11 is 0. The Morgan fingerprint density at radius 2 is 1.96 bits per heavy atom. The molecular weight excluding hydrogens is 383 g/mol. The number of aryl methyl sites for hydroxylation is 1. The summed E-state index contributed by atoms with van der Waals surface area (Å²) in [5.74, 6) is 0.596. The van der Waals surface area contributed by atoms with Gasteiger partial charge in [0.25, 0.3) is 0 Å². The molecule has 0 atom stereocenters. The van der Waals surface area contributed by atoms with Gasteiger partial charge in [0.1, 0.15) is 0 Å². The molecule has 0 saturated carbocycles. The Labute approximate surface area is 165 Å². The number of sulfonamides is 1. The maximum Gasteiger partial charge on any atom is 0.243 e. The SMILES string of the molecule is CN(Cc1cn(CCCF)nn1)S(=O)(=O)c1ccc(CC2CCOCC2)cc1. The van der Waals surface area contributed by atoms with Crippen molar-refractivity contribution in [3.63, 3.8) is 0 Å². The highest BCUT2D eigenvalue weighted by molar-refractivity contribution is 7.89. The quantitative estimate of drug-likeness (QED) is 0.635. The lowest BCUT2D eigenvalue weighted by atomic mass is 9.92. The molecule has 1 aromatic heterocycles. The number of rotatable bonds is 9.